The average molecular weight is 364 g/mol. The monoisotopic (exact) mass is 362 g/mol. The first kappa shape index (κ1) is 16.2. The van der Waals surface area contributed by atoms with Gasteiger partial charge in [0.2, 0.25) is 0 Å². The lowest BCUT2D eigenvalue weighted by Gasteiger charge is -2.43. The molecule has 0 aromatic heterocycles. The minimum atomic E-state index is -0.142. The van der Waals surface area contributed by atoms with Crippen molar-refractivity contribution in [3.05, 3.63) is 34.1 Å². The molecule has 2 aliphatic rings. The number of hydrogen-bond donors (Lipinski definition) is 1. The molecule has 1 N–H and O–H groups in total. The van der Waals surface area contributed by atoms with Crippen molar-refractivity contribution >= 4 is 28.3 Å². The molecule has 2 fully saturated rings. The maximum Gasteiger partial charge on any atom is 0.137 e. The number of nitrogens with zero attached hydrogens (tertiary/aromatic N) is 1. The molecule has 0 spiro atoms. The van der Waals surface area contributed by atoms with Gasteiger partial charge >= 0.3 is 0 Å². The molecule has 1 saturated carbocycles. The summed E-state index contributed by atoms with van der Waals surface area (Å²) in [6.45, 7) is 4.19. The predicted molar refractivity (Wildman–Crippen MR) is 85.9 cm³/mol. The number of benzene rings is 1. The van der Waals surface area contributed by atoms with Crippen molar-refractivity contribution in [2.24, 2.45) is 5.92 Å². The van der Waals surface area contributed by atoms with E-state index in [1.807, 2.05) is 6.07 Å². The van der Waals surface area contributed by atoms with Crippen molar-refractivity contribution in [1.82, 2.24) is 10.2 Å². The van der Waals surface area contributed by atoms with Crippen LogP contribution in [0.2, 0.25) is 0 Å². The van der Waals surface area contributed by atoms with Crippen LogP contribution in [0, 0.1) is 11.7 Å². The molecule has 1 saturated heterocycles. The first-order chi connectivity index (χ1) is 9.27. The van der Waals surface area contributed by atoms with E-state index in [1.54, 1.807) is 0 Å². The molecule has 1 aliphatic heterocycles. The standard InChI is InChI=1S/C15H20BrFN2.ClH/c16-14-12(5-2-6-13(14)17)15(11-3-1-4-11)19-9-7-18-8-10-19;/h2,5-6,11,15,18H,1,3-4,7-10H2;1H/t15-;/m1./s1. The fourth-order valence-electron chi connectivity index (χ4n) is 3.21. The molecule has 0 amide bonds. The molecule has 0 radical (unpaired) electrons. The molecule has 5 heteroatoms. The Bertz CT molecular complexity index is 447. The van der Waals surface area contributed by atoms with Crippen LogP contribution in [0.15, 0.2) is 22.7 Å². The van der Waals surface area contributed by atoms with E-state index in [-0.39, 0.29) is 18.2 Å². The molecule has 1 aliphatic carbocycles. The van der Waals surface area contributed by atoms with Crippen LogP contribution in [0.3, 0.4) is 0 Å². The van der Waals surface area contributed by atoms with Crippen LogP contribution in [-0.2, 0) is 0 Å². The smallest absolute Gasteiger partial charge is 0.137 e. The zero-order valence-electron chi connectivity index (χ0n) is 11.4. The highest BCUT2D eigenvalue weighted by atomic mass is 79.9. The van der Waals surface area contributed by atoms with Gasteiger partial charge in [-0.15, -0.1) is 12.4 Å². The lowest BCUT2D eigenvalue weighted by Crippen LogP contribution is -2.48. The van der Waals surface area contributed by atoms with E-state index >= 15 is 0 Å². The molecule has 20 heavy (non-hydrogen) atoms. The number of hydrogen-bond acceptors (Lipinski definition) is 2. The Labute approximate surface area is 134 Å². The van der Waals surface area contributed by atoms with Crippen LogP contribution in [0.25, 0.3) is 0 Å². The predicted octanol–water partition coefficient (Wildman–Crippen LogP) is 3.76. The third-order valence-electron chi connectivity index (χ3n) is 4.44. The number of nitrogens with one attached hydrogen (secondary N) is 1. The van der Waals surface area contributed by atoms with Gasteiger partial charge in [-0.3, -0.25) is 4.90 Å². The largest absolute Gasteiger partial charge is 0.314 e. The SMILES string of the molecule is Cl.Fc1cccc([C@@H](C2CCC2)N2CCNCC2)c1Br. The van der Waals surface area contributed by atoms with E-state index in [4.69, 9.17) is 0 Å². The Hall–Kier alpha value is -0.160. The van der Waals surface area contributed by atoms with Crippen LogP contribution >= 0.6 is 28.3 Å². The second kappa shape index (κ2) is 7.21. The summed E-state index contributed by atoms with van der Waals surface area (Å²) < 4.78 is 14.5. The summed E-state index contributed by atoms with van der Waals surface area (Å²) >= 11 is 3.45. The summed E-state index contributed by atoms with van der Waals surface area (Å²) in [5, 5.41) is 3.39. The number of piperazine rings is 1. The van der Waals surface area contributed by atoms with Gasteiger partial charge in [-0.2, -0.15) is 0 Å². The van der Waals surface area contributed by atoms with Crippen LogP contribution < -0.4 is 5.32 Å². The van der Waals surface area contributed by atoms with E-state index < -0.39 is 0 Å². The van der Waals surface area contributed by atoms with Crippen LogP contribution in [-0.4, -0.2) is 31.1 Å². The van der Waals surface area contributed by atoms with E-state index in [0.29, 0.717) is 16.4 Å². The van der Waals surface area contributed by atoms with Crippen molar-refractivity contribution in [3.63, 3.8) is 0 Å². The molecule has 0 bridgehead atoms. The molecule has 2 nitrogen and oxygen atoms in total. The third kappa shape index (κ3) is 3.19. The van der Waals surface area contributed by atoms with Gasteiger partial charge in [0.15, 0.2) is 0 Å². The second-order valence-corrected chi connectivity index (χ2v) is 6.36. The molecule has 1 aromatic rings. The van der Waals surface area contributed by atoms with Gasteiger partial charge in [0.1, 0.15) is 5.82 Å². The molecule has 0 unspecified atom stereocenters. The molecular formula is C15H21BrClFN2. The first-order valence-corrected chi connectivity index (χ1v) is 7.95. The van der Waals surface area contributed by atoms with Crippen molar-refractivity contribution in [1.29, 1.82) is 0 Å². The summed E-state index contributed by atoms with van der Waals surface area (Å²) in [7, 11) is 0. The van der Waals surface area contributed by atoms with Crippen molar-refractivity contribution < 1.29 is 4.39 Å². The van der Waals surface area contributed by atoms with Gasteiger partial charge in [0.05, 0.1) is 4.47 Å². The van der Waals surface area contributed by atoms with E-state index in [1.165, 1.54) is 25.3 Å². The lowest BCUT2D eigenvalue weighted by atomic mass is 9.76. The normalized spacial score (nSPS) is 21.9. The Balaban J connectivity index is 0.00000147. The second-order valence-electron chi connectivity index (χ2n) is 5.56. The quantitative estimate of drug-likeness (QED) is 0.880. The third-order valence-corrected chi connectivity index (χ3v) is 5.28. The zero-order chi connectivity index (χ0) is 13.2. The molecule has 112 valence electrons. The Morgan fingerprint density at radius 3 is 2.55 bits per heavy atom. The lowest BCUT2D eigenvalue weighted by molar-refractivity contribution is 0.0830. The first-order valence-electron chi connectivity index (χ1n) is 7.16. The fraction of sp³-hybridized carbons (Fsp3) is 0.600. The van der Waals surface area contributed by atoms with E-state index in [2.05, 4.69) is 32.2 Å². The summed E-state index contributed by atoms with van der Waals surface area (Å²) in [4.78, 5) is 2.53. The minimum absolute atomic E-state index is 0. The Morgan fingerprint density at radius 2 is 1.95 bits per heavy atom. The van der Waals surface area contributed by atoms with Gasteiger partial charge in [-0.25, -0.2) is 4.39 Å². The highest BCUT2D eigenvalue weighted by Gasteiger charge is 2.34. The van der Waals surface area contributed by atoms with Crippen LogP contribution in [0.5, 0.6) is 0 Å². The van der Waals surface area contributed by atoms with Crippen molar-refractivity contribution in [2.45, 2.75) is 25.3 Å². The van der Waals surface area contributed by atoms with Gasteiger partial charge in [-0.1, -0.05) is 18.6 Å². The van der Waals surface area contributed by atoms with Gasteiger partial charge in [-0.05, 0) is 46.3 Å². The minimum Gasteiger partial charge on any atom is -0.314 e. The Kier molecular flexibility index (Phi) is 5.84. The fourth-order valence-corrected chi connectivity index (χ4v) is 3.71. The molecule has 1 heterocycles. The highest BCUT2D eigenvalue weighted by Crippen LogP contribution is 2.43. The number of rotatable bonds is 3. The topological polar surface area (TPSA) is 15.3 Å². The maximum absolute atomic E-state index is 13.8. The highest BCUT2D eigenvalue weighted by molar-refractivity contribution is 9.10. The van der Waals surface area contributed by atoms with Gasteiger partial charge < -0.3 is 5.32 Å². The van der Waals surface area contributed by atoms with E-state index in [0.717, 1.165) is 31.7 Å². The number of halogens is 3. The van der Waals surface area contributed by atoms with Crippen LogP contribution in [0.4, 0.5) is 4.39 Å². The zero-order valence-corrected chi connectivity index (χ0v) is 13.9. The van der Waals surface area contributed by atoms with Gasteiger partial charge in [0.25, 0.3) is 0 Å². The molecule has 1 atom stereocenters. The van der Waals surface area contributed by atoms with Crippen molar-refractivity contribution in [2.75, 3.05) is 26.2 Å². The molecule has 1 aromatic carbocycles. The summed E-state index contributed by atoms with van der Waals surface area (Å²) in [6, 6.07) is 5.82. The molecular weight excluding hydrogens is 343 g/mol. The van der Waals surface area contributed by atoms with E-state index in [9.17, 15) is 4.39 Å². The van der Waals surface area contributed by atoms with Gasteiger partial charge in [0, 0.05) is 32.2 Å². The van der Waals surface area contributed by atoms with Crippen LogP contribution in [0.1, 0.15) is 30.9 Å². The maximum atomic E-state index is 13.8. The summed E-state index contributed by atoms with van der Waals surface area (Å²) in [5.74, 6) is 0.549. The summed E-state index contributed by atoms with van der Waals surface area (Å²) in [5.41, 5.74) is 1.13. The molecule has 3 rings (SSSR count). The summed E-state index contributed by atoms with van der Waals surface area (Å²) in [6.07, 6.45) is 3.87. The average Bonchev–Trinajstić information content (AvgIpc) is 2.38. The van der Waals surface area contributed by atoms with Crippen molar-refractivity contribution in [3.8, 4) is 0 Å². The Morgan fingerprint density at radius 1 is 1.25 bits per heavy atom.